The second kappa shape index (κ2) is 10.3. The van der Waals surface area contributed by atoms with Crippen molar-refractivity contribution in [3.8, 4) is 17.6 Å². The van der Waals surface area contributed by atoms with Gasteiger partial charge in [0.25, 0.3) is 0 Å². The largest absolute Gasteiger partial charge is 0.493 e. The summed E-state index contributed by atoms with van der Waals surface area (Å²) >= 11 is 0. The van der Waals surface area contributed by atoms with E-state index >= 15 is 0 Å². The fourth-order valence-corrected chi connectivity index (χ4v) is 4.11. The van der Waals surface area contributed by atoms with Crippen LogP contribution < -0.4 is 9.47 Å². The zero-order valence-corrected chi connectivity index (χ0v) is 17.8. The van der Waals surface area contributed by atoms with Crippen molar-refractivity contribution >= 4 is 11.8 Å². The van der Waals surface area contributed by atoms with Crippen LogP contribution in [0.5, 0.6) is 11.5 Å². The van der Waals surface area contributed by atoms with Gasteiger partial charge in [0, 0.05) is 6.42 Å². The molecule has 29 heavy (non-hydrogen) atoms. The number of benzene rings is 1. The highest BCUT2D eigenvalue weighted by molar-refractivity contribution is 6.00. The van der Waals surface area contributed by atoms with E-state index in [0.29, 0.717) is 17.9 Å². The van der Waals surface area contributed by atoms with Crippen LogP contribution in [-0.2, 0) is 19.7 Å². The number of rotatable bonds is 5. The summed E-state index contributed by atoms with van der Waals surface area (Å²) in [5.41, 5.74) is -0.174. The molecular formula is C23H31NO5. The Hall–Kier alpha value is -2.55. The van der Waals surface area contributed by atoms with Gasteiger partial charge in [-0.25, -0.2) is 0 Å². The standard InChI is InChI=1S/C21H25NO5.C2H6/c1-25-18-8-7-14(11-19(18)27-15-5-3-4-6-15)21(13-22)10-9-17(23)16(12-21)20(24)26-2;1-2/h7-8,11,15-16H,3-6,9-10,12H2,1-2H3;1-2H3. The number of hydrogen-bond acceptors (Lipinski definition) is 6. The molecule has 0 amide bonds. The average Bonchev–Trinajstić information content (AvgIpc) is 3.28. The van der Waals surface area contributed by atoms with E-state index in [0.717, 1.165) is 31.2 Å². The van der Waals surface area contributed by atoms with E-state index in [-0.39, 0.29) is 24.7 Å². The lowest BCUT2D eigenvalue weighted by atomic mass is 9.66. The number of carbonyl (C=O) groups is 2. The summed E-state index contributed by atoms with van der Waals surface area (Å²) in [5, 5.41) is 9.97. The Balaban J connectivity index is 0.00000145. The number of esters is 1. The van der Waals surface area contributed by atoms with Crippen LogP contribution in [0.1, 0.15) is 64.4 Å². The molecular weight excluding hydrogens is 370 g/mol. The highest BCUT2D eigenvalue weighted by Gasteiger charge is 2.45. The van der Waals surface area contributed by atoms with Crippen molar-refractivity contribution < 1.29 is 23.8 Å². The molecule has 0 heterocycles. The summed E-state index contributed by atoms with van der Waals surface area (Å²) in [6, 6.07) is 7.82. The minimum absolute atomic E-state index is 0.129. The van der Waals surface area contributed by atoms with Gasteiger partial charge in [-0.05, 0) is 56.2 Å². The molecule has 0 aromatic heterocycles. The van der Waals surface area contributed by atoms with Crippen LogP contribution >= 0.6 is 0 Å². The molecule has 2 unspecified atom stereocenters. The maximum atomic E-state index is 12.2. The molecule has 0 saturated heterocycles. The predicted octanol–water partition coefficient (Wildman–Crippen LogP) is 4.35. The minimum Gasteiger partial charge on any atom is -0.493 e. The lowest BCUT2D eigenvalue weighted by Crippen LogP contribution is -2.40. The van der Waals surface area contributed by atoms with Gasteiger partial charge in [-0.1, -0.05) is 19.9 Å². The molecule has 158 valence electrons. The second-order valence-corrected chi connectivity index (χ2v) is 7.33. The van der Waals surface area contributed by atoms with Crippen LogP contribution in [0.15, 0.2) is 18.2 Å². The fourth-order valence-electron chi connectivity index (χ4n) is 4.11. The first kappa shape index (κ1) is 22.7. The summed E-state index contributed by atoms with van der Waals surface area (Å²) in [5.74, 6) is -0.401. The summed E-state index contributed by atoms with van der Waals surface area (Å²) < 4.78 is 16.3. The summed E-state index contributed by atoms with van der Waals surface area (Å²) in [6.07, 6.45) is 5.16. The summed E-state index contributed by atoms with van der Waals surface area (Å²) in [6.45, 7) is 4.00. The van der Waals surface area contributed by atoms with Gasteiger partial charge in [-0.2, -0.15) is 5.26 Å². The lowest BCUT2D eigenvalue weighted by molar-refractivity contribution is -0.151. The maximum Gasteiger partial charge on any atom is 0.316 e. The van der Waals surface area contributed by atoms with Gasteiger partial charge in [0.1, 0.15) is 11.7 Å². The zero-order valence-electron chi connectivity index (χ0n) is 17.8. The van der Waals surface area contributed by atoms with Crippen molar-refractivity contribution in [2.24, 2.45) is 5.92 Å². The van der Waals surface area contributed by atoms with E-state index in [4.69, 9.17) is 14.2 Å². The molecule has 3 rings (SSSR count). The minimum atomic E-state index is -0.924. The number of ketones is 1. The molecule has 2 aliphatic carbocycles. The number of Topliss-reactive ketones (excluding diaryl/α,β-unsaturated/α-hetero) is 1. The molecule has 2 saturated carbocycles. The van der Waals surface area contributed by atoms with Crippen molar-refractivity contribution in [1.82, 2.24) is 0 Å². The predicted molar refractivity (Wildman–Crippen MR) is 109 cm³/mol. The van der Waals surface area contributed by atoms with Crippen molar-refractivity contribution in [2.75, 3.05) is 14.2 Å². The Morgan fingerprint density at radius 1 is 1.17 bits per heavy atom. The maximum absolute atomic E-state index is 12.2. The van der Waals surface area contributed by atoms with Crippen LogP contribution in [0.3, 0.4) is 0 Å². The second-order valence-electron chi connectivity index (χ2n) is 7.33. The molecule has 0 aliphatic heterocycles. The van der Waals surface area contributed by atoms with Crippen molar-refractivity contribution in [2.45, 2.75) is 70.3 Å². The van der Waals surface area contributed by atoms with E-state index < -0.39 is 17.3 Å². The highest BCUT2D eigenvalue weighted by atomic mass is 16.5. The van der Waals surface area contributed by atoms with Gasteiger partial charge >= 0.3 is 5.97 Å². The topological polar surface area (TPSA) is 85.6 Å². The lowest BCUT2D eigenvalue weighted by Gasteiger charge is -2.34. The number of methoxy groups -OCH3 is 2. The van der Waals surface area contributed by atoms with E-state index in [1.165, 1.54) is 7.11 Å². The van der Waals surface area contributed by atoms with Crippen molar-refractivity contribution in [3.05, 3.63) is 23.8 Å². The van der Waals surface area contributed by atoms with Crippen molar-refractivity contribution in [1.29, 1.82) is 5.26 Å². The van der Waals surface area contributed by atoms with Gasteiger partial charge in [-0.15, -0.1) is 0 Å². The number of nitriles is 1. The Kier molecular flexibility index (Phi) is 8.07. The van der Waals surface area contributed by atoms with E-state index in [1.807, 2.05) is 26.0 Å². The van der Waals surface area contributed by atoms with Crippen LogP contribution in [0.25, 0.3) is 0 Å². The third kappa shape index (κ3) is 4.90. The number of hydrogen-bond donors (Lipinski definition) is 0. The molecule has 6 nitrogen and oxygen atoms in total. The van der Waals surface area contributed by atoms with Crippen LogP contribution in [-0.4, -0.2) is 32.1 Å². The summed E-state index contributed by atoms with van der Waals surface area (Å²) in [7, 11) is 2.85. The van der Waals surface area contributed by atoms with Gasteiger partial charge in [0.15, 0.2) is 11.5 Å². The summed E-state index contributed by atoms with van der Waals surface area (Å²) in [4.78, 5) is 24.2. The molecule has 1 aromatic rings. The molecule has 2 fully saturated rings. The molecule has 1 aromatic carbocycles. The Bertz CT molecular complexity index is 755. The third-order valence-corrected chi connectivity index (χ3v) is 5.75. The molecule has 2 aliphatic rings. The highest BCUT2D eigenvalue weighted by Crippen LogP contribution is 2.43. The molecule has 6 heteroatoms. The Morgan fingerprint density at radius 3 is 2.45 bits per heavy atom. The van der Waals surface area contributed by atoms with Gasteiger partial charge in [0.05, 0.1) is 31.8 Å². The number of nitrogens with zero attached hydrogens (tertiary/aromatic N) is 1. The molecule has 2 atom stereocenters. The van der Waals surface area contributed by atoms with E-state index in [2.05, 4.69) is 6.07 Å². The Labute approximate surface area is 173 Å². The van der Waals surface area contributed by atoms with Crippen molar-refractivity contribution in [3.63, 3.8) is 0 Å². The third-order valence-electron chi connectivity index (χ3n) is 5.75. The van der Waals surface area contributed by atoms with Gasteiger partial charge in [-0.3, -0.25) is 9.59 Å². The van der Waals surface area contributed by atoms with Gasteiger partial charge in [0.2, 0.25) is 0 Å². The van der Waals surface area contributed by atoms with E-state index in [1.54, 1.807) is 13.2 Å². The quantitative estimate of drug-likeness (QED) is 0.539. The first-order valence-corrected chi connectivity index (χ1v) is 10.4. The molecule has 0 bridgehead atoms. The number of carbonyl (C=O) groups excluding carboxylic acids is 2. The average molecular weight is 402 g/mol. The zero-order chi connectivity index (χ0) is 21.4. The first-order chi connectivity index (χ1) is 14.0. The molecule has 0 spiro atoms. The first-order valence-electron chi connectivity index (χ1n) is 10.4. The van der Waals surface area contributed by atoms with Crippen LogP contribution in [0.2, 0.25) is 0 Å². The number of ether oxygens (including phenoxy) is 3. The molecule has 0 N–H and O–H groups in total. The SMILES string of the molecule is CC.COC(=O)C1CC(C#N)(c2ccc(OC)c(OC3CCCC3)c2)CCC1=O. The monoisotopic (exact) mass is 401 g/mol. The van der Waals surface area contributed by atoms with Gasteiger partial charge < -0.3 is 14.2 Å². The van der Waals surface area contributed by atoms with Crippen LogP contribution in [0, 0.1) is 17.2 Å². The Morgan fingerprint density at radius 2 is 1.86 bits per heavy atom. The fraction of sp³-hybridized carbons (Fsp3) is 0.609. The van der Waals surface area contributed by atoms with Crippen LogP contribution in [0.4, 0.5) is 0 Å². The normalized spacial score (nSPS) is 24.1. The molecule has 0 radical (unpaired) electrons. The smallest absolute Gasteiger partial charge is 0.316 e. The van der Waals surface area contributed by atoms with E-state index in [9.17, 15) is 14.9 Å².